The van der Waals surface area contributed by atoms with Crippen molar-refractivity contribution < 1.29 is 22.8 Å². The zero-order valence-electron chi connectivity index (χ0n) is 20.8. The van der Waals surface area contributed by atoms with Crippen molar-refractivity contribution in [2.45, 2.75) is 62.6 Å². The molecular formula is C26H37F3N6O2. The molecule has 0 radical (unpaired) electrons. The number of aryl methyl sites for hydroxylation is 1. The molecular weight excluding hydrogens is 485 g/mol. The van der Waals surface area contributed by atoms with Gasteiger partial charge in [0.05, 0.1) is 11.7 Å². The molecule has 0 heterocycles. The number of hydrogen-bond donors (Lipinski definition) is 6. The minimum Gasteiger partial charge on any atom is -0.343 e. The van der Waals surface area contributed by atoms with Gasteiger partial charge in [0.2, 0.25) is 11.8 Å². The SMILES string of the molecule is NCCC(N)(CCN)CCC[C@H](N)C(=O)N[C@@H](CCc1ccccc1)C(=O)Nc1ccc(F)c(F)c1F. The van der Waals surface area contributed by atoms with Crippen LogP contribution >= 0.6 is 0 Å². The lowest BCUT2D eigenvalue weighted by atomic mass is 9.86. The number of carbonyl (C=O) groups is 2. The van der Waals surface area contributed by atoms with Gasteiger partial charge in [-0.25, -0.2) is 13.2 Å². The van der Waals surface area contributed by atoms with E-state index in [0.717, 1.165) is 11.6 Å². The van der Waals surface area contributed by atoms with Crippen LogP contribution in [0.1, 0.15) is 44.1 Å². The predicted molar refractivity (Wildman–Crippen MR) is 138 cm³/mol. The molecule has 2 aromatic carbocycles. The standard InChI is InChI=1S/C26H37F3N6O2/c27-18-9-11-20(23(29)22(18)28)34-25(37)21(10-8-17-5-2-1-3-6-17)35-24(36)19(32)7-4-12-26(33,13-15-30)14-16-31/h1-3,5-6,9,11,19,21H,4,7-8,10,12-16,30-33H2,(H,34,37)(H,35,36)/t19-,21-/m0/s1. The van der Waals surface area contributed by atoms with Gasteiger partial charge in [-0.3, -0.25) is 9.59 Å². The molecule has 0 aliphatic heterocycles. The fraction of sp³-hybridized carbons (Fsp3) is 0.462. The Bertz CT molecular complexity index is 1020. The maximum atomic E-state index is 14.1. The van der Waals surface area contributed by atoms with Gasteiger partial charge in [0.1, 0.15) is 6.04 Å². The van der Waals surface area contributed by atoms with Crippen LogP contribution in [-0.4, -0.2) is 42.5 Å². The van der Waals surface area contributed by atoms with Crippen LogP contribution in [0.25, 0.3) is 0 Å². The minimum atomic E-state index is -1.70. The zero-order chi connectivity index (χ0) is 27.4. The van der Waals surface area contributed by atoms with Crippen LogP contribution in [0, 0.1) is 17.5 Å². The number of benzene rings is 2. The van der Waals surface area contributed by atoms with Gasteiger partial charge < -0.3 is 33.6 Å². The molecule has 0 saturated heterocycles. The number of nitrogens with one attached hydrogen (secondary N) is 2. The van der Waals surface area contributed by atoms with E-state index >= 15 is 0 Å². The Balaban J connectivity index is 2.06. The van der Waals surface area contributed by atoms with Crippen molar-refractivity contribution in [3.8, 4) is 0 Å². The summed E-state index contributed by atoms with van der Waals surface area (Å²) in [6.07, 6.45) is 3.20. The molecule has 0 aliphatic rings. The summed E-state index contributed by atoms with van der Waals surface area (Å²) in [5, 5.41) is 4.85. The van der Waals surface area contributed by atoms with Gasteiger partial charge >= 0.3 is 0 Å². The van der Waals surface area contributed by atoms with Crippen molar-refractivity contribution in [2.75, 3.05) is 18.4 Å². The quantitative estimate of drug-likeness (QED) is 0.196. The van der Waals surface area contributed by atoms with Crippen molar-refractivity contribution in [1.82, 2.24) is 5.32 Å². The van der Waals surface area contributed by atoms with Gasteiger partial charge in [0.15, 0.2) is 17.5 Å². The number of halogens is 3. The third-order valence-electron chi connectivity index (χ3n) is 6.30. The molecule has 11 heteroatoms. The molecule has 0 spiro atoms. The van der Waals surface area contributed by atoms with Crippen molar-refractivity contribution in [3.63, 3.8) is 0 Å². The fourth-order valence-corrected chi connectivity index (χ4v) is 4.10. The maximum Gasteiger partial charge on any atom is 0.247 e. The van der Waals surface area contributed by atoms with Crippen molar-refractivity contribution >= 4 is 17.5 Å². The molecule has 2 aromatic rings. The van der Waals surface area contributed by atoms with E-state index in [1.54, 1.807) is 0 Å². The minimum absolute atomic E-state index is 0.165. The molecule has 0 aromatic heterocycles. The number of amides is 2. The highest BCUT2D eigenvalue weighted by Gasteiger charge is 2.27. The smallest absolute Gasteiger partial charge is 0.247 e. The van der Waals surface area contributed by atoms with E-state index in [1.165, 1.54) is 0 Å². The normalized spacial score (nSPS) is 13.2. The number of nitrogens with two attached hydrogens (primary N) is 4. The average Bonchev–Trinajstić information content (AvgIpc) is 2.87. The Hall–Kier alpha value is -2.99. The van der Waals surface area contributed by atoms with E-state index in [2.05, 4.69) is 10.6 Å². The lowest BCUT2D eigenvalue weighted by Crippen LogP contribution is -2.50. The van der Waals surface area contributed by atoms with Gasteiger partial charge in [-0.15, -0.1) is 0 Å². The summed E-state index contributed by atoms with van der Waals surface area (Å²) in [4.78, 5) is 25.8. The lowest BCUT2D eigenvalue weighted by Gasteiger charge is -2.29. The van der Waals surface area contributed by atoms with Gasteiger partial charge in [-0.1, -0.05) is 30.3 Å². The fourth-order valence-electron chi connectivity index (χ4n) is 4.10. The Morgan fingerprint density at radius 1 is 0.865 bits per heavy atom. The maximum absolute atomic E-state index is 14.1. The topological polar surface area (TPSA) is 162 Å². The second-order valence-corrected chi connectivity index (χ2v) is 9.24. The highest BCUT2D eigenvalue weighted by Crippen LogP contribution is 2.21. The lowest BCUT2D eigenvalue weighted by molar-refractivity contribution is -0.127. The van der Waals surface area contributed by atoms with E-state index in [-0.39, 0.29) is 6.42 Å². The molecule has 204 valence electrons. The average molecular weight is 523 g/mol. The molecule has 0 bridgehead atoms. The van der Waals surface area contributed by atoms with Crippen LogP contribution in [0.4, 0.5) is 18.9 Å². The molecule has 2 rings (SSSR count). The first-order valence-corrected chi connectivity index (χ1v) is 12.3. The van der Waals surface area contributed by atoms with Gasteiger partial charge in [0.25, 0.3) is 0 Å². The van der Waals surface area contributed by atoms with Crippen LogP contribution in [0.15, 0.2) is 42.5 Å². The first-order valence-electron chi connectivity index (χ1n) is 12.3. The molecule has 0 saturated carbocycles. The van der Waals surface area contributed by atoms with Crippen molar-refractivity contribution in [2.24, 2.45) is 22.9 Å². The molecule has 0 aliphatic carbocycles. The Kier molecular flexibility index (Phi) is 12.0. The summed E-state index contributed by atoms with van der Waals surface area (Å²) in [6.45, 7) is 0.833. The molecule has 2 atom stereocenters. The molecule has 2 amide bonds. The van der Waals surface area contributed by atoms with E-state index in [4.69, 9.17) is 22.9 Å². The van der Waals surface area contributed by atoms with Gasteiger partial charge in [0, 0.05) is 5.54 Å². The van der Waals surface area contributed by atoms with Crippen LogP contribution in [0.2, 0.25) is 0 Å². The monoisotopic (exact) mass is 522 g/mol. The van der Waals surface area contributed by atoms with Crippen LogP contribution in [0.3, 0.4) is 0 Å². The van der Waals surface area contributed by atoms with Crippen molar-refractivity contribution in [3.05, 3.63) is 65.5 Å². The van der Waals surface area contributed by atoms with Crippen molar-refractivity contribution in [1.29, 1.82) is 0 Å². The van der Waals surface area contributed by atoms with E-state index in [0.29, 0.717) is 57.7 Å². The summed E-state index contributed by atoms with van der Waals surface area (Å²) in [7, 11) is 0. The third kappa shape index (κ3) is 9.43. The summed E-state index contributed by atoms with van der Waals surface area (Å²) in [6, 6.07) is 8.83. The van der Waals surface area contributed by atoms with E-state index in [9.17, 15) is 22.8 Å². The van der Waals surface area contributed by atoms with Crippen LogP contribution in [0.5, 0.6) is 0 Å². The first kappa shape index (κ1) is 30.2. The molecule has 37 heavy (non-hydrogen) atoms. The largest absolute Gasteiger partial charge is 0.343 e. The second kappa shape index (κ2) is 14.7. The van der Waals surface area contributed by atoms with Gasteiger partial charge in [-0.2, -0.15) is 0 Å². The van der Waals surface area contributed by atoms with E-state index in [1.807, 2.05) is 30.3 Å². The Morgan fingerprint density at radius 3 is 2.14 bits per heavy atom. The van der Waals surface area contributed by atoms with E-state index < -0.39 is 52.6 Å². The third-order valence-corrected chi connectivity index (χ3v) is 6.30. The summed E-state index contributed by atoms with van der Waals surface area (Å²) >= 11 is 0. The van der Waals surface area contributed by atoms with Crippen LogP contribution in [-0.2, 0) is 16.0 Å². The number of hydrogen-bond acceptors (Lipinski definition) is 6. The highest BCUT2D eigenvalue weighted by molar-refractivity contribution is 5.97. The molecule has 0 fully saturated rings. The van der Waals surface area contributed by atoms with Crippen LogP contribution < -0.4 is 33.6 Å². The number of carbonyl (C=O) groups excluding carboxylic acids is 2. The summed E-state index contributed by atoms with van der Waals surface area (Å²) in [5.41, 5.74) is 23.6. The molecule has 10 N–H and O–H groups in total. The predicted octanol–water partition coefficient (Wildman–Crippen LogP) is 2.05. The zero-order valence-corrected chi connectivity index (χ0v) is 20.8. The number of anilines is 1. The summed E-state index contributed by atoms with van der Waals surface area (Å²) < 4.78 is 41.0. The highest BCUT2D eigenvalue weighted by atomic mass is 19.2. The Morgan fingerprint density at radius 2 is 1.51 bits per heavy atom. The number of rotatable bonds is 15. The Labute approximate surface area is 215 Å². The van der Waals surface area contributed by atoms with Gasteiger partial charge in [-0.05, 0) is 75.7 Å². The summed E-state index contributed by atoms with van der Waals surface area (Å²) in [5.74, 6) is -5.97. The first-order chi connectivity index (χ1) is 17.6. The molecule has 8 nitrogen and oxygen atoms in total. The second-order valence-electron chi connectivity index (χ2n) is 9.24. The molecule has 0 unspecified atom stereocenters.